The molecule has 4 rings (SSSR count). The average molecular weight is 421 g/mol. The number of ether oxygens (including phenoxy) is 1. The van der Waals surface area contributed by atoms with E-state index in [4.69, 9.17) is 9.15 Å². The number of unbranched alkanes of at least 4 members (excludes halogenated alkanes) is 1. The highest BCUT2D eigenvalue weighted by atomic mass is 16.5. The van der Waals surface area contributed by atoms with Crippen molar-refractivity contribution < 1.29 is 19.1 Å². The summed E-state index contributed by atoms with van der Waals surface area (Å²) in [6.45, 7) is 6.38. The van der Waals surface area contributed by atoms with Crippen molar-refractivity contribution in [3.63, 3.8) is 0 Å². The Labute approximate surface area is 181 Å². The Morgan fingerprint density at radius 2 is 1.97 bits per heavy atom. The summed E-state index contributed by atoms with van der Waals surface area (Å²) in [6, 6.07) is 10.5. The van der Waals surface area contributed by atoms with Gasteiger partial charge in [-0.25, -0.2) is 0 Å². The summed E-state index contributed by atoms with van der Waals surface area (Å²) in [7, 11) is 0. The number of nitrogens with zero attached hydrogens (tertiary/aromatic N) is 1. The van der Waals surface area contributed by atoms with Crippen LogP contribution < -0.4 is 10.2 Å². The van der Waals surface area contributed by atoms with Crippen LogP contribution in [0.3, 0.4) is 0 Å². The van der Waals surface area contributed by atoms with Crippen molar-refractivity contribution in [3.05, 3.63) is 74.6 Å². The molecular weight excluding hydrogens is 394 g/mol. The number of carbonyl (C=O) groups excluding carboxylic acids is 1. The van der Waals surface area contributed by atoms with Crippen LogP contribution in [0.1, 0.15) is 58.6 Å². The molecule has 1 N–H and O–H groups in total. The molecule has 2 heterocycles. The lowest BCUT2D eigenvalue weighted by Crippen LogP contribution is -2.32. The van der Waals surface area contributed by atoms with Crippen LogP contribution in [0.15, 0.2) is 45.6 Å². The summed E-state index contributed by atoms with van der Waals surface area (Å²) in [5, 5.41) is 10.1. The largest absolute Gasteiger partial charge is 0.494 e. The molecule has 0 spiro atoms. The van der Waals surface area contributed by atoms with E-state index >= 15 is 0 Å². The van der Waals surface area contributed by atoms with Crippen molar-refractivity contribution in [1.82, 2.24) is 4.90 Å². The molecule has 0 bridgehead atoms. The van der Waals surface area contributed by atoms with E-state index in [-0.39, 0.29) is 30.2 Å². The van der Waals surface area contributed by atoms with Gasteiger partial charge in [0.2, 0.25) is 5.76 Å². The SMILES string of the molecule is CCCCOc1cccc(C2c3c(oc4c(C)cc(C)cc4c3=O)C(=O)N2CCO)c1. The zero-order valence-electron chi connectivity index (χ0n) is 18.1. The van der Waals surface area contributed by atoms with Crippen molar-refractivity contribution >= 4 is 16.9 Å². The standard InChI is InChI=1S/C25H27NO5/c1-4-5-11-30-18-8-6-7-17(14-18)21-20-22(28)19-13-15(2)12-16(3)23(19)31-24(20)25(29)26(21)9-10-27/h6-8,12-14,21,27H,4-5,9-11H2,1-3H3. The molecule has 1 aliphatic heterocycles. The molecule has 1 unspecified atom stereocenters. The number of amides is 1. The van der Waals surface area contributed by atoms with Gasteiger partial charge in [-0.05, 0) is 55.2 Å². The third-order valence-electron chi connectivity index (χ3n) is 5.68. The average Bonchev–Trinajstić information content (AvgIpc) is 3.02. The minimum Gasteiger partial charge on any atom is -0.494 e. The Bertz CT molecular complexity index is 1200. The van der Waals surface area contributed by atoms with Crippen LogP contribution in [-0.2, 0) is 0 Å². The Morgan fingerprint density at radius 1 is 1.16 bits per heavy atom. The number of fused-ring (bicyclic) bond motifs is 2. The molecule has 1 atom stereocenters. The smallest absolute Gasteiger partial charge is 0.290 e. The molecule has 1 amide bonds. The molecule has 162 valence electrons. The first-order valence-corrected chi connectivity index (χ1v) is 10.7. The lowest BCUT2D eigenvalue weighted by molar-refractivity contribution is 0.0691. The Morgan fingerprint density at radius 3 is 2.71 bits per heavy atom. The molecule has 6 heteroatoms. The number of carbonyl (C=O) groups is 1. The highest BCUT2D eigenvalue weighted by Crippen LogP contribution is 2.39. The first-order valence-electron chi connectivity index (χ1n) is 10.7. The minimum atomic E-state index is -0.633. The van der Waals surface area contributed by atoms with Gasteiger partial charge in [-0.15, -0.1) is 0 Å². The van der Waals surface area contributed by atoms with E-state index in [1.165, 1.54) is 4.90 Å². The molecular formula is C25H27NO5. The molecule has 1 aliphatic rings. The third-order valence-corrected chi connectivity index (χ3v) is 5.68. The molecule has 31 heavy (non-hydrogen) atoms. The van der Waals surface area contributed by atoms with Gasteiger partial charge in [0.1, 0.15) is 11.3 Å². The summed E-state index contributed by atoms with van der Waals surface area (Å²) in [4.78, 5) is 28.3. The van der Waals surface area contributed by atoms with Crippen molar-refractivity contribution in [2.75, 3.05) is 19.8 Å². The molecule has 6 nitrogen and oxygen atoms in total. The molecule has 0 fully saturated rings. The van der Waals surface area contributed by atoms with Gasteiger partial charge in [-0.1, -0.05) is 31.5 Å². The van der Waals surface area contributed by atoms with Crippen molar-refractivity contribution in [1.29, 1.82) is 0 Å². The highest BCUT2D eigenvalue weighted by Gasteiger charge is 2.42. The zero-order valence-corrected chi connectivity index (χ0v) is 18.1. The maximum atomic E-state index is 13.6. The fourth-order valence-corrected chi connectivity index (χ4v) is 4.27. The Hall–Kier alpha value is -3.12. The van der Waals surface area contributed by atoms with Gasteiger partial charge in [-0.2, -0.15) is 0 Å². The predicted molar refractivity (Wildman–Crippen MR) is 119 cm³/mol. The Balaban J connectivity index is 1.89. The van der Waals surface area contributed by atoms with Crippen LogP contribution in [0, 0.1) is 13.8 Å². The number of benzene rings is 2. The lowest BCUT2D eigenvalue weighted by atomic mass is 9.97. The second kappa shape index (κ2) is 8.55. The number of aliphatic hydroxyl groups is 1. The van der Waals surface area contributed by atoms with E-state index in [9.17, 15) is 14.7 Å². The van der Waals surface area contributed by atoms with E-state index in [1.807, 2.05) is 44.2 Å². The van der Waals surface area contributed by atoms with Crippen LogP contribution in [0.4, 0.5) is 0 Å². The van der Waals surface area contributed by atoms with Gasteiger partial charge in [0.15, 0.2) is 5.43 Å². The van der Waals surface area contributed by atoms with Gasteiger partial charge >= 0.3 is 0 Å². The number of aliphatic hydroxyl groups excluding tert-OH is 1. The topological polar surface area (TPSA) is 80.0 Å². The fraction of sp³-hybridized carbons (Fsp3) is 0.360. The normalized spacial score (nSPS) is 15.5. The molecule has 3 aromatic rings. The van der Waals surface area contributed by atoms with Crippen LogP contribution in [0.25, 0.3) is 11.0 Å². The van der Waals surface area contributed by atoms with Crippen LogP contribution >= 0.6 is 0 Å². The molecule has 0 saturated carbocycles. The van der Waals surface area contributed by atoms with E-state index < -0.39 is 6.04 Å². The van der Waals surface area contributed by atoms with E-state index in [2.05, 4.69) is 6.92 Å². The molecule has 0 aliphatic carbocycles. The summed E-state index contributed by atoms with van der Waals surface area (Å²) in [5.74, 6) is 0.359. The van der Waals surface area contributed by atoms with Crippen LogP contribution in [0.2, 0.25) is 0 Å². The molecule has 0 saturated heterocycles. The minimum absolute atomic E-state index is 0.0557. The van der Waals surface area contributed by atoms with Crippen molar-refractivity contribution in [2.24, 2.45) is 0 Å². The second-order valence-corrected chi connectivity index (χ2v) is 8.03. The maximum Gasteiger partial charge on any atom is 0.290 e. The summed E-state index contributed by atoms with van der Waals surface area (Å²) in [6.07, 6.45) is 1.97. The Kier molecular flexibility index (Phi) is 5.83. The number of aryl methyl sites for hydroxylation is 2. The van der Waals surface area contributed by atoms with Gasteiger partial charge in [0, 0.05) is 6.54 Å². The number of β-amino-alcohol motifs (C(OH)–C–C–N with tert-alkyl or cyclic N) is 1. The van der Waals surface area contributed by atoms with E-state index in [0.29, 0.717) is 28.9 Å². The van der Waals surface area contributed by atoms with Crippen LogP contribution in [0.5, 0.6) is 5.75 Å². The molecule has 2 aromatic carbocycles. The summed E-state index contributed by atoms with van der Waals surface area (Å²) in [5.41, 5.74) is 3.07. The van der Waals surface area contributed by atoms with Crippen LogP contribution in [-0.4, -0.2) is 35.7 Å². The second-order valence-electron chi connectivity index (χ2n) is 8.03. The van der Waals surface area contributed by atoms with E-state index in [1.54, 1.807) is 6.07 Å². The third kappa shape index (κ3) is 3.72. The molecule has 1 aromatic heterocycles. The van der Waals surface area contributed by atoms with Gasteiger partial charge in [0.25, 0.3) is 5.91 Å². The number of hydrogen-bond donors (Lipinski definition) is 1. The van der Waals surface area contributed by atoms with Crippen molar-refractivity contribution in [3.8, 4) is 5.75 Å². The molecule has 0 radical (unpaired) electrons. The first-order chi connectivity index (χ1) is 15.0. The van der Waals surface area contributed by atoms with Gasteiger partial charge < -0.3 is 19.2 Å². The van der Waals surface area contributed by atoms with Gasteiger partial charge in [-0.3, -0.25) is 9.59 Å². The lowest BCUT2D eigenvalue weighted by Gasteiger charge is -2.24. The fourth-order valence-electron chi connectivity index (χ4n) is 4.27. The monoisotopic (exact) mass is 421 g/mol. The number of rotatable bonds is 7. The summed E-state index contributed by atoms with van der Waals surface area (Å²) < 4.78 is 11.9. The maximum absolute atomic E-state index is 13.6. The highest BCUT2D eigenvalue weighted by molar-refractivity contribution is 5.99. The van der Waals surface area contributed by atoms with E-state index in [0.717, 1.165) is 29.5 Å². The number of hydrogen-bond acceptors (Lipinski definition) is 5. The summed E-state index contributed by atoms with van der Waals surface area (Å²) >= 11 is 0. The first kappa shape index (κ1) is 21.1. The van der Waals surface area contributed by atoms with Crippen molar-refractivity contribution in [2.45, 2.75) is 39.7 Å². The predicted octanol–water partition coefficient (Wildman–Crippen LogP) is 4.13. The quantitative estimate of drug-likeness (QED) is 0.581. The zero-order chi connectivity index (χ0) is 22.1. The van der Waals surface area contributed by atoms with Gasteiger partial charge in [0.05, 0.1) is 30.2 Å².